The minimum absolute atomic E-state index is 0.0641. The van der Waals surface area contributed by atoms with Gasteiger partial charge in [0.2, 0.25) is 0 Å². The number of carbonyl (C=O) groups excluding carboxylic acids is 2. The summed E-state index contributed by atoms with van der Waals surface area (Å²) in [5, 5.41) is 8.31. The Kier molecular flexibility index (Phi) is 5.83. The third kappa shape index (κ3) is 4.19. The van der Waals surface area contributed by atoms with Crippen LogP contribution in [0.4, 0.5) is 0 Å². The fourth-order valence-electron chi connectivity index (χ4n) is 2.66. The quantitative estimate of drug-likeness (QED) is 0.764. The SMILES string of the molecule is CC(C)CC(N)C(=O)O.O=C1c2ccccc2C(=O)c2ccccc21. The molecule has 0 amide bonds. The van der Waals surface area contributed by atoms with E-state index >= 15 is 0 Å². The Hall–Kier alpha value is -2.79. The summed E-state index contributed by atoms with van der Waals surface area (Å²) in [6.45, 7) is 3.89. The van der Waals surface area contributed by atoms with E-state index in [-0.39, 0.29) is 11.6 Å². The van der Waals surface area contributed by atoms with Crippen molar-refractivity contribution in [1.82, 2.24) is 0 Å². The second-order valence-corrected chi connectivity index (χ2v) is 6.32. The summed E-state index contributed by atoms with van der Waals surface area (Å²) in [7, 11) is 0. The Morgan fingerprint density at radius 1 is 0.880 bits per heavy atom. The van der Waals surface area contributed by atoms with Gasteiger partial charge in [-0.3, -0.25) is 14.4 Å². The van der Waals surface area contributed by atoms with E-state index in [9.17, 15) is 14.4 Å². The van der Waals surface area contributed by atoms with Gasteiger partial charge < -0.3 is 10.8 Å². The first kappa shape index (κ1) is 18.5. The van der Waals surface area contributed by atoms with Crippen molar-refractivity contribution in [2.75, 3.05) is 0 Å². The second-order valence-electron chi connectivity index (χ2n) is 6.32. The second kappa shape index (κ2) is 7.85. The lowest BCUT2D eigenvalue weighted by Gasteiger charge is -2.16. The molecule has 0 spiro atoms. The maximum absolute atomic E-state index is 12.1. The van der Waals surface area contributed by atoms with E-state index in [1.807, 2.05) is 13.8 Å². The van der Waals surface area contributed by atoms with Gasteiger partial charge in [0.15, 0.2) is 11.6 Å². The zero-order valence-electron chi connectivity index (χ0n) is 14.2. The lowest BCUT2D eigenvalue weighted by Crippen LogP contribution is -2.31. The first-order valence-electron chi connectivity index (χ1n) is 8.08. The molecule has 1 unspecified atom stereocenters. The van der Waals surface area contributed by atoms with E-state index in [4.69, 9.17) is 10.8 Å². The summed E-state index contributed by atoms with van der Waals surface area (Å²) in [6.07, 6.45) is 0.551. The Labute approximate surface area is 146 Å². The van der Waals surface area contributed by atoms with E-state index in [0.29, 0.717) is 34.6 Å². The number of carboxylic acids is 1. The van der Waals surface area contributed by atoms with E-state index in [2.05, 4.69) is 0 Å². The van der Waals surface area contributed by atoms with Gasteiger partial charge in [-0.1, -0.05) is 62.4 Å². The van der Waals surface area contributed by atoms with Gasteiger partial charge in [-0.05, 0) is 12.3 Å². The molecule has 0 aromatic heterocycles. The number of aliphatic carboxylic acids is 1. The number of fused-ring (bicyclic) bond motifs is 2. The van der Waals surface area contributed by atoms with Crippen LogP contribution in [0.15, 0.2) is 48.5 Å². The molecule has 0 saturated carbocycles. The fourth-order valence-corrected chi connectivity index (χ4v) is 2.66. The Bertz CT molecular complexity index is 705. The molecule has 3 N–H and O–H groups in total. The van der Waals surface area contributed by atoms with Gasteiger partial charge in [0.05, 0.1) is 0 Å². The lowest BCUT2D eigenvalue weighted by molar-refractivity contribution is -0.138. The van der Waals surface area contributed by atoms with E-state index in [0.717, 1.165) is 0 Å². The minimum Gasteiger partial charge on any atom is -0.480 e. The maximum Gasteiger partial charge on any atom is 0.320 e. The van der Waals surface area contributed by atoms with Crippen LogP contribution in [0.25, 0.3) is 0 Å². The predicted molar refractivity (Wildman–Crippen MR) is 94.8 cm³/mol. The largest absolute Gasteiger partial charge is 0.480 e. The number of carbonyl (C=O) groups is 3. The molecule has 1 aliphatic rings. The summed E-state index contributed by atoms with van der Waals surface area (Å²) in [4.78, 5) is 34.3. The highest BCUT2D eigenvalue weighted by Gasteiger charge is 2.28. The molecule has 5 nitrogen and oxygen atoms in total. The summed E-state index contributed by atoms with van der Waals surface area (Å²) >= 11 is 0. The number of hydrogen-bond acceptors (Lipinski definition) is 4. The summed E-state index contributed by atoms with van der Waals surface area (Å²) in [5.41, 5.74) is 7.24. The number of rotatable bonds is 3. The molecule has 0 bridgehead atoms. The molecule has 0 saturated heterocycles. The van der Waals surface area contributed by atoms with E-state index < -0.39 is 12.0 Å². The summed E-state index contributed by atoms with van der Waals surface area (Å²) in [5.74, 6) is -0.684. The molecule has 0 radical (unpaired) electrons. The zero-order chi connectivity index (χ0) is 18.6. The highest BCUT2D eigenvalue weighted by Crippen LogP contribution is 2.26. The van der Waals surface area contributed by atoms with Crippen molar-refractivity contribution in [1.29, 1.82) is 0 Å². The fraction of sp³-hybridized carbons (Fsp3) is 0.250. The summed E-state index contributed by atoms with van der Waals surface area (Å²) < 4.78 is 0. The number of ketones is 2. The van der Waals surface area contributed by atoms with E-state index in [1.54, 1.807) is 48.5 Å². The first-order chi connectivity index (χ1) is 11.8. The molecular formula is C20H21NO4. The van der Waals surface area contributed by atoms with Crippen molar-refractivity contribution in [3.63, 3.8) is 0 Å². The molecule has 5 heteroatoms. The zero-order valence-corrected chi connectivity index (χ0v) is 14.2. The minimum atomic E-state index is -0.913. The van der Waals surface area contributed by atoms with Crippen molar-refractivity contribution >= 4 is 17.5 Å². The van der Waals surface area contributed by atoms with Gasteiger partial charge >= 0.3 is 5.97 Å². The van der Waals surface area contributed by atoms with Crippen molar-refractivity contribution in [3.8, 4) is 0 Å². The van der Waals surface area contributed by atoms with Crippen LogP contribution in [-0.4, -0.2) is 28.7 Å². The van der Waals surface area contributed by atoms with Crippen molar-refractivity contribution in [2.24, 2.45) is 11.7 Å². The van der Waals surface area contributed by atoms with Crippen molar-refractivity contribution in [2.45, 2.75) is 26.3 Å². The highest BCUT2D eigenvalue weighted by molar-refractivity contribution is 6.28. The van der Waals surface area contributed by atoms with Gasteiger partial charge in [-0.15, -0.1) is 0 Å². The van der Waals surface area contributed by atoms with Crippen LogP contribution in [-0.2, 0) is 4.79 Å². The molecule has 0 heterocycles. The Morgan fingerprint density at radius 2 is 1.20 bits per heavy atom. The Balaban J connectivity index is 0.000000217. The molecule has 1 aliphatic carbocycles. The number of benzene rings is 2. The number of nitrogens with two attached hydrogens (primary N) is 1. The van der Waals surface area contributed by atoms with Crippen LogP contribution in [0.2, 0.25) is 0 Å². The highest BCUT2D eigenvalue weighted by atomic mass is 16.4. The third-order valence-corrected chi connectivity index (χ3v) is 3.88. The first-order valence-corrected chi connectivity index (χ1v) is 8.08. The van der Waals surface area contributed by atoms with Crippen LogP contribution in [0.1, 0.15) is 52.1 Å². The van der Waals surface area contributed by atoms with Crippen molar-refractivity contribution in [3.05, 3.63) is 70.8 Å². The Morgan fingerprint density at radius 3 is 1.40 bits per heavy atom. The molecule has 2 aromatic carbocycles. The molecule has 1 atom stereocenters. The van der Waals surface area contributed by atoms with Crippen molar-refractivity contribution < 1.29 is 19.5 Å². The smallest absolute Gasteiger partial charge is 0.320 e. The molecule has 0 aliphatic heterocycles. The van der Waals surface area contributed by atoms with Gasteiger partial charge in [-0.2, -0.15) is 0 Å². The number of hydrogen-bond donors (Lipinski definition) is 2. The van der Waals surface area contributed by atoms with Crippen LogP contribution in [0, 0.1) is 5.92 Å². The van der Waals surface area contributed by atoms with Crippen LogP contribution in [0.5, 0.6) is 0 Å². The molecule has 0 fully saturated rings. The van der Waals surface area contributed by atoms with Gasteiger partial charge in [0.1, 0.15) is 6.04 Å². The maximum atomic E-state index is 12.1. The molecule has 3 rings (SSSR count). The molecule has 25 heavy (non-hydrogen) atoms. The van der Waals surface area contributed by atoms with Gasteiger partial charge in [-0.25, -0.2) is 0 Å². The van der Waals surface area contributed by atoms with Crippen LogP contribution in [0.3, 0.4) is 0 Å². The third-order valence-electron chi connectivity index (χ3n) is 3.88. The average Bonchev–Trinajstić information content (AvgIpc) is 2.59. The predicted octanol–water partition coefficient (Wildman–Crippen LogP) is 2.91. The normalized spacial score (nSPS) is 13.4. The molecule has 130 valence electrons. The molecule has 2 aromatic rings. The monoisotopic (exact) mass is 339 g/mol. The average molecular weight is 339 g/mol. The lowest BCUT2D eigenvalue weighted by atomic mass is 9.84. The number of carboxylic acid groups (broad SMARTS) is 1. The van der Waals surface area contributed by atoms with Crippen LogP contribution < -0.4 is 5.73 Å². The molecular weight excluding hydrogens is 318 g/mol. The standard InChI is InChI=1S/C14H8O2.C6H13NO2/c15-13-9-5-1-2-6-10(9)14(16)12-8-4-3-7-11(12)13;1-4(2)3-5(7)6(8)9/h1-8H;4-5H,3,7H2,1-2H3,(H,8,9). The van der Waals surface area contributed by atoms with Crippen LogP contribution >= 0.6 is 0 Å². The summed E-state index contributed by atoms with van der Waals surface area (Å²) in [6, 6.07) is 13.2. The topological polar surface area (TPSA) is 97.5 Å². The van der Waals surface area contributed by atoms with Gasteiger partial charge in [0.25, 0.3) is 0 Å². The van der Waals surface area contributed by atoms with E-state index in [1.165, 1.54) is 0 Å². The van der Waals surface area contributed by atoms with Gasteiger partial charge in [0, 0.05) is 22.3 Å².